The Balaban J connectivity index is 2.09. The lowest BCUT2D eigenvalue weighted by molar-refractivity contribution is -0.129. The molecule has 0 aromatic carbocycles. The Morgan fingerprint density at radius 2 is 2.10 bits per heavy atom. The quantitative estimate of drug-likeness (QED) is 0.473. The van der Waals surface area contributed by atoms with E-state index in [9.17, 15) is 13.2 Å². The van der Waals surface area contributed by atoms with Crippen LogP contribution in [0, 0.1) is 0 Å². The van der Waals surface area contributed by atoms with Gasteiger partial charge in [0.05, 0.1) is 23.4 Å². The SMILES string of the molecule is CSCC[N-]c1nc(SCCC(F)(F)F)nc2nc[nH]c12. The first kappa shape index (κ1) is 16.2. The minimum absolute atomic E-state index is 0.121. The molecule has 2 heterocycles. The summed E-state index contributed by atoms with van der Waals surface area (Å²) in [6.45, 7) is 0.582. The summed E-state index contributed by atoms with van der Waals surface area (Å²) in [7, 11) is 0. The molecular formula is C11H13F3N5S2-. The minimum Gasteiger partial charge on any atom is -0.463 e. The topological polar surface area (TPSA) is 68.6 Å². The van der Waals surface area contributed by atoms with Crippen LogP contribution >= 0.6 is 23.5 Å². The van der Waals surface area contributed by atoms with Crippen LogP contribution in [0.1, 0.15) is 6.42 Å². The van der Waals surface area contributed by atoms with Crippen molar-refractivity contribution in [2.45, 2.75) is 17.8 Å². The van der Waals surface area contributed by atoms with Gasteiger partial charge in [0.15, 0.2) is 5.65 Å². The Kier molecular flexibility index (Phi) is 5.57. The molecule has 0 radical (unpaired) electrons. The van der Waals surface area contributed by atoms with Gasteiger partial charge >= 0.3 is 6.18 Å². The lowest BCUT2D eigenvalue weighted by Gasteiger charge is -2.17. The molecule has 0 spiro atoms. The van der Waals surface area contributed by atoms with Crippen molar-refractivity contribution in [1.82, 2.24) is 19.9 Å². The van der Waals surface area contributed by atoms with Crippen LogP contribution in [0.15, 0.2) is 11.5 Å². The number of alkyl halides is 3. The molecular weight excluding hydrogens is 323 g/mol. The normalized spacial score (nSPS) is 12.0. The first-order valence-electron chi connectivity index (χ1n) is 6.06. The second kappa shape index (κ2) is 7.21. The summed E-state index contributed by atoms with van der Waals surface area (Å²) in [5, 5.41) is 4.60. The van der Waals surface area contributed by atoms with E-state index in [-0.39, 0.29) is 10.9 Å². The molecule has 0 fully saturated rings. The lowest BCUT2D eigenvalue weighted by atomic mass is 10.5. The fourth-order valence-corrected chi connectivity index (χ4v) is 2.57. The van der Waals surface area contributed by atoms with Crippen molar-refractivity contribution in [2.24, 2.45) is 0 Å². The van der Waals surface area contributed by atoms with Crippen LogP contribution in [0.3, 0.4) is 0 Å². The third-order valence-electron chi connectivity index (χ3n) is 2.42. The number of nitrogens with zero attached hydrogens (tertiary/aromatic N) is 4. The minimum atomic E-state index is -4.17. The highest BCUT2D eigenvalue weighted by Crippen LogP contribution is 2.29. The number of nitrogens with one attached hydrogen (secondary N) is 1. The monoisotopic (exact) mass is 336 g/mol. The molecule has 10 heteroatoms. The lowest BCUT2D eigenvalue weighted by Crippen LogP contribution is -2.08. The van der Waals surface area contributed by atoms with Crippen LogP contribution in [0.4, 0.5) is 19.0 Å². The van der Waals surface area contributed by atoms with Gasteiger partial charge in [0.25, 0.3) is 0 Å². The molecule has 1 N–H and O–H groups in total. The van der Waals surface area contributed by atoms with Crippen molar-refractivity contribution in [3.8, 4) is 0 Å². The summed E-state index contributed by atoms with van der Waals surface area (Å²) in [4.78, 5) is 15.2. The van der Waals surface area contributed by atoms with Gasteiger partial charge in [0.1, 0.15) is 0 Å². The highest BCUT2D eigenvalue weighted by atomic mass is 32.2. The van der Waals surface area contributed by atoms with E-state index in [0.717, 1.165) is 17.5 Å². The number of imidazole rings is 1. The van der Waals surface area contributed by atoms with Crippen LogP contribution in [0.25, 0.3) is 16.5 Å². The summed E-state index contributed by atoms with van der Waals surface area (Å²) >= 11 is 2.61. The highest BCUT2D eigenvalue weighted by Gasteiger charge is 2.26. The van der Waals surface area contributed by atoms with Crippen LogP contribution in [0.2, 0.25) is 0 Å². The highest BCUT2D eigenvalue weighted by molar-refractivity contribution is 7.99. The fraction of sp³-hybridized carbons (Fsp3) is 0.545. The maximum atomic E-state index is 12.2. The zero-order valence-corrected chi connectivity index (χ0v) is 12.8. The molecule has 0 aliphatic carbocycles. The number of hydrogen-bond acceptors (Lipinski definition) is 5. The molecule has 0 unspecified atom stereocenters. The second-order valence-electron chi connectivity index (χ2n) is 4.02. The fourth-order valence-electron chi connectivity index (χ4n) is 1.48. The number of thioether (sulfide) groups is 2. The van der Waals surface area contributed by atoms with E-state index >= 15 is 0 Å². The largest absolute Gasteiger partial charge is 0.463 e. The molecule has 2 aromatic heterocycles. The molecule has 0 saturated carbocycles. The average molecular weight is 336 g/mol. The number of halogens is 3. The number of fused-ring (bicyclic) bond motifs is 1. The molecule has 21 heavy (non-hydrogen) atoms. The van der Waals surface area contributed by atoms with Crippen molar-refractivity contribution >= 4 is 40.5 Å². The van der Waals surface area contributed by atoms with Gasteiger partial charge in [-0.15, -0.1) is 11.8 Å². The van der Waals surface area contributed by atoms with Crippen molar-refractivity contribution in [3.63, 3.8) is 0 Å². The van der Waals surface area contributed by atoms with Crippen molar-refractivity contribution in [2.75, 3.05) is 24.3 Å². The Labute approximate surface area is 127 Å². The maximum Gasteiger partial charge on any atom is 0.389 e. The predicted octanol–water partition coefficient (Wildman–Crippen LogP) is 3.77. The van der Waals surface area contributed by atoms with Crippen molar-refractivity contribution in [3.05, 3.63) is 11.6 Å². The first-order valence-corrected chi connectivity index (χ1v) is 8.44. The first-order chi connectivity index (χ1) is 9.99. The summed E-state index contributed by atoms with van der Waals surface area (Å²) in [5.41, 5.74) is 1.03. The maximum absolute atomic E-state index is 12.2. The van der Waals surface area contributed by atoms with Gasteiger partial charge < -0.3 is 15.3 Å². The summed E-state index contributed by atoms with van der Waals surface area (Å²) in [6, 6.07) is 0. The van der Waals surface area contributed by atoms with E-state index in [1.807, 2.05) is 6.26 Å². The number of hydrogen-bond donors (Lipinski definition) is 1. The van der Waals surface area contributed by atoms with Gasteiger partial charge in [-0.05, 0) is 24.4 Å². The summed E-state index contributed by atoms with van der Waals surface area (Å²) in [5.74, 6) is 1.17. The molecule has 0 aliphatic heterocycles. The van der Waals surface area contributed by atoms with Gasteiger partial charge in [-0.1, -0.05) is 0 Å². The molecule has 2 aromatic rings. The number of aromatic amines is 1. The van der Waals surface area contributed by atoms with E-state index in [0.29, 0.717) is 23.5 Å². The number of rotatable bonds is 7. The summed E-state index contributed by atoms with van der Waals surface area (Å²) < 4.78 is 36.5. The van der Waals surface area contributed by atoms with Crippen LogP contribution in [0.5, 0.6) is 0 Å². The van der Waals surface area contributed by atoms with E-state index in [4.69, 9.17) is 0 Å². The third kappa shape index (κ3) is 4.95. The number of H-pyrrole nitrogens is 1. The standard InChI is InChI=1S/C11H13F3N5S2/c1-20-5-3-15-8-7-9(17-6-16-7)19-10(18-8)21-4-2-11(12,13)14/h6H,2-5H2,1H3,(H-,15,16,17,18,19)/q-1. The molecule has 2 rings (SSSR count). The van der Waals surface area contributed by atoms with Gasteiger partial charge in [0, 0.05) is 5.75 Å². The summed E-state index contributed by atoms with van der Waals surface area (Å²) in [6.07, 6.45) is -1.61. The van der Waals surface area contributed by atoms with Crippen molar-refractivity contribution < 1.29 is 13.2 Å². The van der Waals surface area contributed by atoms with Crippen LogP contribution < -0.4 is 0 Å². The molecule has 5 nitrogen and oxygen atoms in total. The Hall–Kier alpha value is -1.16. The molecule has 0 bridgehead atoms. The number of aromatic nitrogens is 4. The molecule has 0 atom stereocenters. The van der Waals surface area contributed by atoms with Gasteiger partial charge in [-0.3, -0.25) is 0 Å². The zero-order valence-electron chi connectivity index (χ0n) is 11.1. The molecule has 0 aliphatic rings. The second-order valence-corrected chi connectivity index (χ2v) is 6.07. The Bertz CT molecular complexity index is 587. The van der Waals surface area contributed by atoms with Gasteiger partial charge in [-0.25, -0.2) is 9.97 Å². The predicted molar refractivity (Wildman–Crippen MR) is 79.3 cm³/mol. The Morgan fingerprint density at radius 1 is 1.29 bits per heavy atom. The van der Waals surface area contributed by atoms with E-state index < -0.39 is 12.6 Å². The van der Waals surface area contributed by atoms with Gasteiger partial charge in [-0.2, -0.15) is 24.9 Å². The van der Waals surface area contributed by atoms with Crippen LogP contribution in [-0.4, -0.2) is 50.4 Å². The van der Waals surface area contributed by atoms with E-state index in [2.05, 4.69) is 25.3 Å². The average Bonchev–Trinajstić information content (AvgIpc) is 2.86. The van der Waals surface area contributed by atoms with Gasteiger partial charge in [0.2, 0.25) is 0 Å². The van der Waals surface area contributed by atoms with E-state index in [1.165, 1.54) is 6.33 Å². The molecule has 0 amide bonds. The zero-order chi connectivity index (χ0) is 15.3. The smallest absolute Gasteiger partial charge is 0.389 e. The van der Waals surface area contributed by atoms with Crippen molar-refractivity contribution in [1.29, 1.82) is 0 Å². The Morgan fingerprint density at radius 3 is 2.81 bits per heavy atom. The molecule has 0 saturated heterocycles. The molecule has 116 valence electrons. The van der Waals surface area contributed by atoms with Crippen LogP contribution in [-0.2, 0) is 0 Å². The third-order valence-corrected chi connectivity index (χ3v) is 3.86. The van der Waals surface area contributed by atoms with E-state index in [1.54, 1.807) is 11.8 Å².